The number of fused-ring (bicyclic) bond motifs is 1. The molecule has 4 rings (SSSR count). The Morgan fingerprint density at radius 3 is 2.71 bits per heavy atom. The van der Waals surface area contributed by atoms with E-state index in [-0.39, 0.29) is 6.61 Å². The van der Waals surface area contributed by atoms with Crippen LogP contribution in [0, 0.1) is 6.92 Å². The maximum absolute atomic E-state index is 10.3. The predicted molar refractivity (Wildman–Crippen MR) is 124 cm³/mol. The van der Waals surface area contributed by atoms with Crippen LogP contribution in [0.25, 0.3) is 28.2 Å². The highest BCUT2D eigenvalue weighted by Gasteiger charge is 2.22. The van der Waals surface area contributed by atoms with E-state index in [1.54, 1.807) is 10.9 Å². The lowest BCUT2D eigenvalue weighted by Gasteiger charge is -2.15. The van der Waals surface area contributed by atoms with Crippen LogP contribution in [-0.4, -0.2) is 43.9 Å². The van der Waals surface area contributed by atoms with Crippen molar-refractivity contribution in [1.82, 2.24) is 24.1 Å². The van der Waals surface area contributed by atoms with Crippen molar-refractivity contribution in [2.24, 2.45) is 0 Å². The number of ether oxygens (including phenoxy) is 1. The first-order valence-corrected chi connectivity index (χ1v) is 14.2. The van der Waals surface area contributed by atoms with Gasteiger partial charge >= 0.3 is 0 Å². The number of hydrogen-bond donors (Lipinski definition) is 1. The normalized spacial score (nSPS) is 12.0. The first-order chi connectivity index (χ1) is 14.9. The molecule has 31 heavy (non-hydrogen) atoms. The second kappa shape index (κ2) is 8.74. The number of aryl methyl sites for hydroxylation is 1. The lowest BCUT2D eigenvalue weighted by Crippen LogP contribution is -2.22. The molecule has 0 bridgehead atoms. The molecule has 8 heteroatoms. The smallest absolute Gasteiger partial charge is 0.139 e. The second-order valence-electron chi connectivity index (χ2n) is 8.95. The molecule has 0 saturated carbocycles. The Kier molecular flexibility index (Phi) is 6.04. The fourth-order valence-electron chi connectivity index (χ4n) is 3.52. The summed E-state index contributed by atoms with van der Waals surface area (Å²) in [5.74, 6) is 0. The Morgan fingerprint density at radius 2 is 1.97 bits per heavy atom. The van der Waals surface area contributed by atoms with Gasteiger partial charge in [0.15, 0.2) is 0 Å². The number of aromatic nitrogens is 5. The molecular weight excluding hydrogens is 406 g/mol. The summed E-state index contributed by atoms with van der Waals surface area (Å²) >= 11 is 0. The fourth-order valence-corrected chi connectivity index (χ4v) is 4.28. The molecule has 0 aliphatic rings. The standard InChI is InChI=1S/C23H29N5O2Si/c1-17-6-5-7-19(25-17)23-22(18-8-9-21-24-10-11-27(21)14-18)20(15-29)28(26-23)16-30-12-13-31(2,3)4/h5-11,14,29H,12-13,15-16H2,1-4H3. The largest absolute Gasteiger partial charge is 0.390 e. The Bertz CT molecular complexity index is 1190. The highest BCUT2D eigenvalue weighted by atomic mass is 28.3. The zero-order chi connectivity index (χ0) is 22.0. The number of imidazole rings is 1. The molecule has 0 spiro atoms. The number of aliphatic hydroxyl groups is 1. The van der Waals surface area contributed by atoms with Gasteiger partial charge in [-0.15, -0.1) is 0 Å². The summed E-state index contributed by atoms with van der Waals surface area (Å²) in [7, 11) is -1.18. The topological polar surface area (TPSA) is 77.5 Å². The van der Waals surface area contributed by atoms with Crippen LogP contribution < -0.4 is 0 Å². The third kappa shape index (κ3) is 4.76. The quantitative estimate of drug-likeness (QED) is 0.328. The van der Waals surface area contributed by atoms with Crippen LogP contribution in [0.15, 0.2) is 48.9 Å². The van der Waals surface area contributed by atoms with E-state index in [2.05, 4.69) is 29.6 Å². The summed E-state index contributed by atoms with van der Waals surface area (Å²) in [6.45, 7) is 9.79. The van der Waals surface area contributed by atoms with Gasteiger partial charge in [0.25, 0.3) is 0 Å². The van der Waals surface area contributed by atoms with Crippen LogP contribution in [0.2, 0.25) is 25.7 Å². The van der Waals surface area contributed by atoms with E-state index >= 15 is 0 Å². The summed E-state index contributed by atoms with van der Waals surface area (Å²) in [5, 5.41) is 15.1. The molecule has 4 heterocycles. The van der Waals surface area contributed by atoms with Gasteiger partial charge in [-0.1, -0.05) is 25.7 Å². The van der Waals surface area contributed by atoms with Crippen LogP contribution >= 0.6 is 0 Å². The van der Waals surface area contributed by atoms with E-state index in [0.29, 0.717) is 19.0 Å². The van der Waals surface area contributed by atoms with Gasteiger partial charge in [-0.25, -0.2) is 9.67 Å². The van der Waals surface area contributed by atoms with E-state index in [1.165, 1.54) is 0 Å². The summed E-state index contributed by atoms with van der Waals surface area (Å²) in [6.07, 6.45) is 5.69. The number of pyridine rings is 2. The van der Waals surface area contributed by atoms with Crippen molar-refractivity contribution < 1.29 is 9.84 Å². The second-order valence-corrected chi connectivity index (χ2v) is 14.6. The van der Waals surface area contributed by atoms with Crippen molar-refractivity contribution in [1.29, 1.82) is 0 Å². The van der Waals surface area contributed by atoms with Gasteiger partial charge in [-0.2, -0.15) is 5.10 Å². The molecule has 0 radical (unpaired) electrons. The number of rotatable bonds is 8. The Morgan fingerprint density at radius 1 is 1.13 bits per heavy atom. The predicted octanol–water partition coefficient (Wildman–Crippen LogP) is 4.37. The molecule has 4 aromatic heterocycles. The van der Waals surface area contributed by atoms with Crippen molar-refractivity contribution in [3.05, 3.63) is 60.3 Å². The molecule has 0 aromatic carbocycles. The van der Waals surface area contributed by atoms with Crippen molar-refractivity contribution in [2.45, 2.75) is 45.9 Å². The first-order valence-electron chi connectivity index (χ1n) is 10.5. The minimum atomic E-state index is -1.18. The number of hydrogen-bond acceptors (Lipinski definition) is 5. The van der Waals surface area contributed by atoms with Crippen molar-refractivity contribution >= 4 is 13.7 Å². The van der Waals surface area contributed by atoms with Crippen LogP contribution in [-0.2, 0) is 18.1 Å². The van der Waals surface area contributed by atoms with Crippen molar-refractivity contribution in [3.8, 4) is 22.5 Å². The van der Waals surface area contributed by atoms with Gasteiger partial charge in [-0.3, -0.25) is 4.98 Å². The molecule has 162 valence electrons. The van der Waals surface area contributed by atoms with E-state index in [1.807, 2.05) is 54.0 Å². The molecule has 7 nitrogen and oxygen atoms in total. The molecule has 0 aliphatic carbocycles. The maximum Gasteiger partial charge on any atom is 0.139 e. The first kappa shape index (κ1) is 21.4. The lowest BCUT2D eigenvalue weighted by molar-refractivity contribution is 0.0734. The SMILES string of the molecule is Cc1cccc(-c2nn(COCC[Si](C)(C)C)c(CO)c2-c2ccc3nccn3c2)n1. The van der Waals surface area contributed by atoms with Gasteiger partial charge in [0.05, 0.1) is 18.0 Å². The molecule has 0 saturated heterocycles. The van der Waals surface area contributed by atoms with Gasteiger partial charge in [0, 0.05) is 50.1 Å². The summed E-state index contributed by atoms with van der Waals surface area (Å²) in [5.41, 5.74) is 5.82. The highest BCUT2D eigenvalue weighted by molar-refractivity contribution is 6.76. The fraction of sp³-hybridized carbons (Fsp3) is 0.348. The molecular formula is C23H29N5O2Si. The van der Waals surface area contributed by atoms with Gasteiger partial charge in [0.1, 0.15) is 18.1 Å². The average Bonchev–Trinajstić information content (AvgIpc) is 3.34. The zero-order valence-electron chi connectivity index (χ0n) is 18.5. The van der Waals surface area contributed by atoms with Gasteiger partial charge in [-0.05, 0) is 37.2 Å². The summed E-state index contributed by atoms with van der Waals surface area (Å²) in [4.78, 5) is 9.01. The van der Waals surface area contributed by atoms with Crippen LogP contribution in [0.4, 0.5) is 0 Å². The molecule has 0 unspecified atom stereocenters. The molecule has 0 amide bonds. The third-order valence-electron chi connectivity index (χ3n) is 5.23. The molecule has 1 N–H and O–H groups in total. The molecule has 0 aliphatic heterocycles. The van der Waals surface area contributed by atoms with Crippen LogP contribution in [0.3, 0.4) is 0 Å². The van der Waals surface area contributed by atoms with Gasteiger partial charge < -0.3 is 14.2 Å². The van der Waals surface area contributed by atoms with Crippen LogP contribution in [0.5, 0.6) is 0 Å². The molecule has 0 fully saturated rings. The van der Waals surface area contributed by atoms with Crippen LogP contribution in [0.1, 0.15) is 11.4 Å². The van der Waals surface area contributed by atoms with Crippen molar-refractivity contribution in [3.63, 3.8) is 0 Å². The Labute approximate surface area is 183 Å². The third-order valence-corrected chi connectivity index (χ3v) is 6.93. The molecule has 4 aromatic rings. The minimum absolute atomic E-state index is 0.145. The Hall–Kier alpha value is -2.81. The minimum Gasteiger partial charge on any atom is -0.390 e. The average molecular weight is 436 g/mol. The van der Waals surface area contributed by atoms with E-state index in [4.69, 9.17) is 9.84 Å². The number of nitrogens with zero attached hydrogens (tertiary/aromatic N) is 5. The van der Waals surface area contributed by atoms with E-state index in [9.17, 15) is 5.11 Å². The lowest BCUT2D eigenvalue weighted by atomic mass is 10.0. The van der Waals surface area contributed by atoms with Crippen molar-refractivity contribution in [2.75, 3.05) is 6.61 Å². The van der Waals surface area contributed by atoms with E-state index < -0.39 is 8.07 Å². The summed E-state index contributed by atoms with van der Waals surface area (Å²) in [6, 6.07) is 10.9. The maximum atomic E-state index is 10.3. The Balaban J connectivity index is 1.77. The summed E-state index contributed by atoms with van der Waals surface area (Å²) < 4.78 is 9.67. The molecule has 0 atom stereocenters. The van der Waals surface area contributed by atoms with E-state index in [0.717, 1.165) is 39.9 Å². The monoisotopic (exact) mass is 435 g/mol. The number of aliphatic hydroxyl groups excluding tert-OH is 1. The van der Waals surface area contributed by atoms with Gasteiger partial charge in [0.2, 0.25) is 0 Å². The highest BCUT2D eigenvalue weighted by Crippen LogP contribution is 2.34. The zero-order valence-corrected chi connectivity index (χ0v) is 19.5.